The lowest BCUT2D eigenvalue weighted by molar-refractivity contribution is -0.127. The number of ketones is 1. The lowest BCUT2D eigenvalue weighted by Crippen LogP contribution is -2.40. The van der Waals surface area contributed by atoms with Gasteiger partial charge >= 0.3 is 0 Å². The summed E-state index contributed by atoms with van der Waals surface area (Å²) in [6, 6.07) is 14.0. The third-order valence-corrected chi connectivity index (χ3v) is 4.45. The molecule has 0 fully saturated rings. The minimum Gasteiger partial charge on any atom is -0.481 e. The van der Waals surface area contributed by atoms with Gasteiger partial charge in [-0.25, -0.2) is 0 Å². The lowest BCUT2D eigenvalue weighted by atomic mass is 10.1. The van der Waals surface area contributed by atoms with Crippen molar-refractivity contribution < 1.29 is 19.1 Å². The maximum atomic E-state index is 12.1. The Labute approximate surface area is 175 Å². The summed E-state index contributed by atoms with van der Waals surface area (Å²) < 4.78 is 5.53. The maximum Gasteiger partial charge on any atom is 0.260 e. The van der Waals surface area contributed by atoms with E-state index in [9.17, 15) is 14.4 Å². The summed E-state index contributed by atoms with van der Waals surface area (Å²) in [4.78, 5) is 36.0. The number of hydrogen-bond acceptors (Lipinski definition) is 4. The molecule has 0 heterocycles. The van der Waals surface area contributed by atoms with E-state index in [-0.39, 0.29) is 43.5 Å². The third-order valence-electron chi connectivity index (χ3n) is 4.19. The Morgan fingerprint density at radius 2 is 1.55 bits per heavy atom. The first kappa shape index (κ1) is 22.4. The predicted molar refractivity (Wildman–Crippen MR) is 112 cm³/mol. The molecule has 2 N–H and O–H groups in total. The number of benzene rings is 2. The van der Waals surface area contributed by atoms with Crippen molar-refractivity contribution in [2.75, 3.05) is 13.1 Å². The number of amides is 2. The lowest BCUT2D eigenvalue weighted by Gasteiger charge is -2.15. The monoisotopic (exact) mass is 416 g/mol. The van der Waals surface area contributed by atoms with Crippen LogP contribution in [0.2, 0.25) is 5.02 Å². The van der Waals surface area contributed by atoms with Crippen molar-refractivity contribution in [1.82, 2.24) is 10.6 Å². The van der Waals surface area contributed by atoms with E-state index in [1.807, 2.05) is 19.1 Å². The van der Waals surface area contributed by atoms with Crippen molar-refractivity contribution in [1.29, 1.82) is 0 Å². The molecule has 0 radical (unpaired) electrons. The van der Waals surface area contributed by atoms with Gasteiger partial charge in [-0.15, -0.1) is 0 Å². The van der Waals surface area contributed by atoms with E-state index in [2.05, 4.69) is 10.6 Å². The molecule has 0 aliphatic rings. The zero-order chi connectivity index (χ0) is 21.2. The standard InChI is InChI=1S/C22H25ClN2O4/c1-15-3-5-17(6-4-15)20(26)11-12-21(27)24-13-14-25-22(28)16(2)29-19-9-7-18(23)8-10-19/h3-10,16H,11-14H2,1-2H3,(H,24,27)(H,25,28). The van der Waals surface area contributed by atoms with Gasteiger partial charge < -0.3 is 15.4 Å². The Morgan fingerprint density at radius 3 is 2.21 bits per heavy atom. The van der Waals surface area contributed by atoms with Gasteiger partial charge in [0.15, 0.2) is 11.9 Å². The quantitative estimate of drug-likeness (QED) is 0.459. The van der Waals surface area contributed by atoms with Crippen molar-refractivity contribution in [2.24, 2.45) is 0 Å². The van der Waals surface area contributed by atoms with Gasteiger partial charge in [0.1, 0.15) is 5.75 Å². The van der Waals surface area contributed by atoms with Gasteiger partial charge in [0.05, 0.1) is 0 Å². The van der Waals surface area contributed by atoms with Crippen molar-refractivity contribution in [2.45, 2.75) is 32.8 Å². The van der Waals surface area contributed by atoms with Crippen LogP contribution in [-0.2, 0) is 9.59 Å². The van der Waals surface area contributed by atoms with Crippen LogP contribution in [0.25, 0.3) is 0 Å². The number of rotatable bonds is 10. The number of Topliss-reactive ketones (excluding diaryl/α,β-unsaturated/α-hetero) is 1. The van der Waals surface area contributed by atoms with Gasteiger partial charge in [0.25, 0.3) is 5.91 Å². The van der Waals surface area contributed by atoms with Crippen LogP contribution < -0.4 is 15.4 Å². The highest BCUT2D eigenvalue weighted by atomic mass is 35.5. The third kappa shape index (κ3) is 7.95. The van der Waals surface area contributed by atoms with Crippen molar-refractivity contribution in [3.63, 3.8) is 0 Å². The van der Waals surface area contributed by atoms with Gasteiger partial charge in [-0.2, -0.15) is 0 Å². The fraction of sp³-hybridized carbons (Fsp3) is 0.318. The van der Waals surface area contributed by atoms with E-state index < -0.39 is 6.10 Å². The van der Waals surface area contributed by atoms with E-state index >= 15 is 0 Å². The van der Waals surface area contributed by atoms with Gasteiger partial charge in [-0.3, -0.25) is 14.4 Å². The Balaban J connectivity index is 1.61. The molecular weight excluding hydrogens is 392 g/mol. The smallest absolute Gasteiger partial charge is 0.260 e. The minimum absolute atomic E-state index is 0.0679. The molecule has 0 saturated carbocycles. The Bertz CT molecular complexity index is 835. The van der Waals surface area contributed by atoms with Crippen molar-refractivity contribution in [3.8, 4) is 5.75 Å². The van der Waals surface area contributed by atoms with Gasteiger partial charge in [-0.1, -0.05) is 41.4 Å². The average molecular weight is 417 g/mol. The first-order valence-corrected chi connectivity index (χ1v) is 9.79. The normalized spacial score (nSPS) is 11.4. The van der Waals surface area contributed by atoms with E-state index in [1.165, 1.54) is 0 Å². The fourth-order valence-corrected chi connectivity index (χ4v) is 2.63. The van der Waals surface area contributed by atoms with Crippen molar-refractivity contribution >= 4 is 29.2 Å². The fourth-order valence-electron chi connectivity index (χ4n) is 2.50. The summed E-state index contributed by atoms with van der Waals surface area (Å²) in [6.45, 7) is 4.13. The van der Waals surface area contributed by atoms with Crippen LogP contribution in [0.3, 0.4) is 0 Å². The molecule has 0 aliphatic carbocycles. The molecule has 0 bridgehead atoms. The number of carbonyl (C=O) groups excluding carboxylic acids is 3. The van der Waals surface area contributed by atoms with Gasteiger partial charge in [0, 0.05) is 36.5 Å². The summed E-state index contributed by atoms with van der Waals surface area (Å²) in [5, 5.41) is 5.97. The summed E-state index contributed by atoms with van der Waals surface area (Å²) in [7, 11) is 0. The minimum atomic E-state index is -0.681. The number of aryl methyl sites for hydroxylation is 1. The molecule has 6 nitrogen and oxygen atoms in total. The van der Waals surface area contributed by atoms with Crippen LogP contribution in [-0.4, -0.2) is 36.8 Å². The van der Waals surface area contributed by atoms with Crippen molar-refractivity contribution in [3.05, 3.63) is 64.7 Å². The zero-order valence-electron chi connectivity index (χ0n) is 16.5. The van der Waals surface area contributed by atoms with Crippen LogP contribution in [0.5, 0.6) is 5.75 Å². The second-order valence-electron chi connectivity index (χ2n) is 6.64. The Morgan fingerprint density at radius 1 is 0.931 bits per heavy atom. The van der Waals surface area contributed by atoms with E-state index in [0.717, 1.165) is 5.56 Å². The molecule has 2 amide bonds. The summed E-state index contributed by atoms with van der Waals surface area (Å²) >= 11 is 5.81. The molecule has 2 aromatic carbocycles. The van der Waals surface area contributed by atoms with Crippen LogP contribution in [0.15, 0.2) is 48.5 Å². The highest BCUT2D eigenvalue weighted by Gasteiger charge is 2.14. The maximum absolute atomic E-state index is 12.1. The first-order chi connectivity index (χ1) is 13.8. The number of halogens is 1. The number of ether oxygens (including phenoxy) is 1. The number of carbonyl (C=O) groups is 3. The molecule has 0 saturated heterocycles. The topological polar surface area (TPSA) is 84.5 Å². The summed E-state index contributed by atoms with van der Waals surface area (Å²) in [5.74, 6) is -0.0425. The summed E-state index contributed by atoms with van der Waals surface area (Å²) in [5.41, 5.74) is 1.68. The first-order valence-electron chi connectivity index (χ1n) is 9.41. The van der Waals surface area contributed by atoms with Crippen LogP contribution in [0, 0.1) is 6.92 Å². The molecule has 2 rings (SSSR count). The van der Waals surface area contributed by atoms with Crippen LogP contribution >= 0.6 is 11.6 Å². The summed E-state index contributed by atoms with van der Waals surface area (Å²) in [6.07, 6.45) is -0.428. The van der Waals surface area contributed by atoms with Crippen LogP contribution in [0.1, 0.15) is 35.7 Å². The largest absolute Gasteiger partial charge is 0.481 e. The Kier molecular flexibility index (Phi) is 8.68. The molecule has 0 aromatic heterocycles. The molecule has 29 heavy (non-hydrogen) atoms. The molecule has 0 spiro atoms. The number of hydrogen-bond donors (Lipinski definition) is 2. The number of nitrogens with one attached hydrogen (secondary N) is 2. The van der Waals surface area contributed by atoms with Crippen LogP contribution in [0.4, 0.5) is 0 Å². The predicted octanol–water partition coefficient (Wildman–Crippen LogP) is 3.31. The molecule has 1 unspecified atom stereocenters. The highest BCUT2D eigenvalue weighted by Crippen LogP contribution is 2.16. The zero-order valence-corrected chi connectivity index (χ0v) is 17.3. The Hall–Kier alpha value is -2.86. The molecular formula is C22H25ClN2O4. The molecule has 0 aliphatic heterocycles. The highest BCUT2D eigenvalue weighted by molar-refractivity contribution is 6.30. The molecule has 154 valence electrons. The molecule has 7 heteroatoms. The second-order valence-corrected chi connectivity index (χ2v) is 7.08. The van der Waals surface area contributed by atoms with Gasteiger partial charge in [-0.05, 0) is 38.1 Å². The SMILES string of the molecule is Cc1ccc(C(=O)CCC(=O)NCCNC(=O)C(C)Oc2ccc(Cl)cc2)cc1. The van der Waals surface area contributed by atoms with E-state index in [1.54, 1.807) is 43.3 Å². The van der Waals surface area contributed by atoms with Gasteiger partial charge in [0.2, 0.25) is 5.91 Å². The second kappa shape index (κ2) is 11.2. The average Bonchev–Trinajstić information content (AvgIpc) is 2.71. The molecule has 2 aromatic rings. The van der Waals surface area contributed by atoms with E-state index in [4.69, 9.17) is 16.3 Å². The molecule has 1 atom stereocenters. The van der Waals surface area contributed by atoms with E-state index in [0.29, 0.717) is 16.3 Å².